The maximum absolute atomic E-state index is 15.3. The summed E-state index contributed by atoms with van der Waals surface area (Å²) in [6.07, 6.45) is 4.67. The zero-order chi connectivity index (χ0) is 34.9. The van der Waals surface area contributed by atoms with E-state index in [1.807, 2.05) is 63.2 Å². The number of aliphatic hydroxyl groups is 1. The lowest BCUT2D eigenvalue weighted by Gasteiger charge is -2.42. The Morgan fingerprint density at radius 1 is 1.06 bits per heavy atom. The van der Waals surface area contributed by atoms with Crippen LogP contribution in [0.1, 0.15) is 51.7 Å². The number of rotatable bonds is 14. The van der Waals surface area contributed by atoms with Crippen LogP contribution < -0.4 is 14.5 Å². The zero-order valence-electron chi connectivity index (χ0n) is 29.2. The molecule has 2 aromatic rings. The highest BCUT2D eigenvalue weighted by molar-refractivity contribution is 8.02. The number of likely N-dealkylation sites (tertiary alicyclic amines) is 1. The third kappa shape index (κ3) is 5.98. The molecule has 3 aliphatic heterocycles. The van der Waals surface area contributed by atoms with Crippen LogP contribution in [-0.4, -0.2) is 76.1 Å². The zero-order valence-corrected chi connectivity index (χ0v) is 30.0. The second-order valence-corrected chi connectivity index (χ2v) is 15.5. The van der Waals surface area contributed by atoms with Gasteiger partial charge in [-0.15, -0.1) is 24.9 Å². The molecule has 8 nitrogen and oxygen atoms in total. The number of ether oxygens (including phenoxy) is 1. The number of thioether (sulfide) groups is 1. The number of carbonyl (C=O) groups excluding carboxylic acids is 3. The van der Waals surface area contributed by atoms with E-state index in [2.05, 4.69) is 33.9 Å². The van der Waals surface area contributed by atoms with Crippen LogP contribution in [0.5, 0.6) is 5.75 Å². The van der Waals surface area contributed by atoms with Crippen LogP contribution in [-0.2, 0) is 14.4 Å². The van der Waals surface area contributed by atoms with Crippen LogP contribution in [0.4, 0.5) is 11.4 Å². The number of benzene rings is 2. The van der Waals surface area contributed by atoms with Crippen molar-refractivity contribution in [1.82, 2.24) is 4.90 Å². The summed E-state index contributed by atoms with van der Waals surface area (Å²) >= 11 is 1.65. The third-order valence-electron chi connectivity index (χ3n) is 10.4. The normalized spacial score (nSPS) is 26.4. The van der Waals surface area contributed by atoms with Crippen LogP contribution in [0.2, 0.25) is 0 Å². The molecule has 0 aliphatic carbocycles. The molecule has 3 heterocycles. The third-order valence-corrected chi connectivity index (χ3v) is 12.5. The van der Waals surface area contributed by atoms with E-state index in [0.717, 1.165) is 16.8 Å². The molecule has 5 rings (SSSR count). The van der Waals surface area contributed by atoms with E-state index in [-0.39, 0.29) is 54.5 Å². The summed E-state index contributed by atoms with van der Waals surface area (Å²) in [5.74, 6) is -0.996. The van der Waals surface area contributed by atoms with E-state index < -0.39 is 28.7 Å². The number of aryl methyl sites for hydroxylation is 2. The average molecular weight is 674 g/mol. The van der Waals surface area contributed by atoms with Gasteiger partial charge in [0, 0.05) is 29.7 Å². The maximum atomic E-state index is 15.3. The van der Waals surface area contributed by atoms with Gasteiger partial charge in [0.1, 0.15) is 11.8 Å². The molecule has 3 fully saturated rings. The van der Waals surface area contributed by atoms with Gasteiger partial charge in [0.05, 0.1) is 35.8 Å². The lowest BCUT2D eigenvalue weighted by Crippen LogP contribution is -2.59. The SMILES string of the molecule is C=CCN(C(=O)[C@@H]1[C@@H]2CC(C)C3(S2)C(C(=O)N(CC=C)c2c(C)cccc2C)N([C@@H](CO)CC(C)C)C(=O)[C@H]13)c1ccc(OCC)cc1. The number of anilines is 2. The summed E-state index contributed by atoms with van der Waals surface area (Å²) < 4.78 is 4.80. The van der Waals surface area contributed by atoms with Crippen LogP contribution >= 0.6 is 11.8 Å². The Hall–Kier alpha value is -3.56. The number of hydrogen-bond donors (Lipinski definition) is 1. The summed E-state index contributed by atoms with van der Waals surface area (Å²) in [4.78, 5) is 50.2. The fourth-order valence-corrected chi connectivity index (χ4v) is 11.0. The number of amides is 3. The molecule has 1 N–H and O–H groups in total. The van der Waals surface area contributed by atoms with E-state index in [1.54, 1.807) is 38.6 Å². The smallest absolute Gasteiger partial charge is 0.251 e. The fraction of sp³-hybridized carbons (Fsp3) is 0.513. The highest BCUT2D eigenvalue weighted by atomic mass is 32.2. The van der Waals surface area contributed by atoms with E-state index in [0.29, 0.717) is 30.9 Å². The minimum atomic E-state index is -0.856. The number of aliphatic hydroxyl groups excluding tert-OH is 1. The Labute approximate surface area is 290 Å². The highest BCUT2D eigenvalue weighted by Crippen LogP contribution is 2.69. The van der Waals surface area contributed by atoms with Crippen molar-refractivity contribution in [3.8, 4) is 5.75 Å². The lowest BCUT2D eigenvalue weighted by atomic mass is 9.65. The maximum Gasteiger partial charge on any atom is 0.251 e. The first kappa shape index (κ1) is 35.7. The van der Waals surface area contributed by atoms with E-state index in [9.17, 15) is 9.90 Å². The molecular formula is C39H51N3O5S. The highest BCUT2D eigenvalue weighted by Gasteiger charge is 2.77. The average Bonchev–Trinajstić information content (AvgIpc) is 3.65. The molecular weight excluding hydrogens is 623 g/mol. The summed E-state index contributed by atoms with van der Waals surface area (Å²) in [7, 11) is 0. The second kappa shape index (κ2) is 14.5. The largest absolute Gasteiger partial charge is 0.494 e. The van der Waals surface area contributed by atoms with Gasteiger partial charge in [0.25, 0.3) is 5.91 Å². The number of para-hydroxylation sites is 1. The summed E-state index contributed by atoms with van der Waals surface area (Å²) in [5, 5.41) is 10.7. The summed E-state index contributed by atoms with van der Waals surface area (Å²) in [5.41, 5.74) is 3.42. The standard InChI is InChI=1S/C39H51N3O5S/c1-9-19-40(28-15-17-30(18-16-28)47-11-3)36(44)32-31-22-27(8)39(48-31)33(32)37(45)42(29(23-43)21-24(4)5)35(39)38(46)41(20-10-2)34-25(6)13-12-14-26(34)7/h9-10,12-18,24,27,29,31-33,35,43H,1-2,11,19-23H2,3-8H3/t27?,29-,31+,32-,33+,35?,39?/m1/s1. The molecule has 258 valence electrons. The minimum absolute atomic E-state index is 0.00952. The van der Waals surface area contributed by atoms with Crippen molar-refractivity contribution in [2.24, 2.45) is 23.7 Å². The van der Waals surface area contributed by atoms with Crippen molar-refractivity contribution in [3.05, 3.63) is 78.9 Å². The van der Waals surface area contributed by atoms with Gasteiger partial charge in [-0.25, -0.2) is 0 Å². The van der Waals surface area contributed by atoms with Crippen molar-refractivity contribution >= 4 is 40.9 Å². The topological polar surface area (TPSA) is 90.4 Å². The van der Waals surface area contributed by atoms with Gasteiger partial charge in [0.2, 0.25) is 11.8 Å². The first-order chi connectivity index (χ1) is 23.0. The van der Waals surface area contributed by atoms with Crippen LogP contribution in [0.3, 0.4) is 0 Å². The number of carbonyl (C=O) groups is 3. The Morgan fingerprint density at radius 2 is 1.69 bits per heavy atom. The summed E-state index contributed by atoms with van der Waals surface area (Å²) in [6.45, 7) is 20.9. The van der Waals surface area contributed by atoms with Crippen LogP contribution in [0.25, 0.3) is 0 Å². The molecule has 2 bridgehead atoms. The van der Waals surface area contributed by atoms with E-state index in [4.69, 9.17) is 4.74 Å². The van der Waals surface area contributed by atoms with E-state index in [1.165, 1.54) is 0 Å². The monoisotopic (exact) mass is 673 g/mol. The van der Waals surface area contributed by atoms with Crippen molar-refractivity contribution in [1.29, 1.82) is 0 Å². The van der Waals surface area contributed by atoms with Crippen molar-refractivity contribution < 1.29 is 24.2 Å². The predicted octanol–water partition coefficient (Wildman–Crippen LogP) is 6.18. The van der Waals surface area contributed by atoms with Gasteiger partial charge in [-0.05, 0) is 80.8 Å². The number of hydrogen-bond acceptors (Lipinski definition) is 6. The molecule has 0 saturated carbocycles. The summed E-state index contributed by atoms with van der Waals surface area (Å²) in [6, 6.07) is 11.9. The van der Waals surface area contributed by atoms with Gasteiger partial charge < -0.3 is 24.5 Å². The molecule has 0 radical (unpaired) electrons. The molecule has 0 aromatic heterocycles. The molecule has 48 heavy (non-hydrogen) atoms. The van der Waals surface area contributed by atoms with Gasteiger partial charge in [-0.2, -0.15) is 0 Å². The van der Waals surface area contributed by atoms with E-state index >= 15 is 9.59 Å². The molecule has 9 heteroatoms. The molecule has 2 aromatic carbocycles. The van der Waals surface area contributed by atoms with Crippen molar-refractivity contribution in [2.45, 2.75) is 76.5 Å². The van der Waals surface area contributed by atoms with Crippen molar-refractivity contribution in [3.63, 3.8) is 0 Å². The Bertz CT molecular complexity index is 1520. The quantitative estimate of drug-likeness (QED) is 0.241. The van der Waals surface area contributed by atoms with Crippen molar-refractivity contribution in [2.75, 3.05) is 36.1 Å². The van der Waals surface area contributed by atoms with Crippen LogP contribution in [0.15, 0.2) is 67.8 Å². The van der Waals surface area contributed by atoms with Crippen LogP contribution in [0, 0.1) is 37.5 Å². The van der Waals surface area contributed by atoms with Gasteiger partial charge in [-0.3, -0.25) is 14.4 Å². The molecule has 3 amide bonds. The Morgan fingerprint density at radius 3 is 2.25 bits per heavy atom. The van der Waals surface area contributed by atoms with Gasteiger partial charge >= 0.3 is 0 Å². The Balaban J connectivity index is 1.63. The Kier molecular flexibility index (Phi) is 10.8. The number of nitrogens with zero attached hydrogens (tertiary/aromatic N) is 3. The molecule has 3 aliphatic rings. The van der Waals surface area contributed by atoms with Gasteiger partial charge in [-0.1, -0.05) is 51.1 Å². The van der Waals surface area contributed by atoms with Gasteiger partial charge in [0.15, 0.2) is 0 Å². The number of fused-ring (bicyclic) bond motifs is 1. The molecule has 3 unspecified atom stereocenters. The first-order valence-corrected chi connectivity index (χ1v) is 18.1. The minimum Gasteiger partial charge on any atom is -0.494 e. The predicted molar refractivity (Wildman–Crippen MR) is 194 cm³/mol. The molecule has 7 atom stereocenters. The fourth-order valence-electron chi connectivity index (χ4n) is 8.55. The molecule has 3 saturated heterocycles. The lowest BCUT2D eigenvalue weighted by molar-refractivity contribution is -0.142. The first-order valence-electron chi connectivity index (χ1n) is 17.2. The second-order valence-electron chi connectivity index (χ2n) is 13.9. The molecule has 1 spiro atoms.